The van der Waals surface area contributed by atoms with Crippen LogP contribution in [0.1, 0.15) is 25.7 Å². The van der Waals surface area contributed by atoms with Crippen molar-refractivity contribution in [3.63, 3.8) is 0 Å². The van der Waals surface area contributed by atoms with Crippen LogP contribution in [0.2, 0.25) is 0 Å². The fourth-order valence-corrected chi connectivity index (χ4v) is 3.12. The van der Waals surface area contributed by atoms with Gasteiger partial charge in [-0.1, -0.05) is 12.8 Å². The molecule has 6 nitrogen and oxygen atoms in total. The van der Waals surface area contributed by atoms with Crippen molar-refractivity contribution in [3.8, 4) is 0 Å². The van der Waals surface area contributed by atoms with E-state index in [1.807, 2.05) is 11.0 Å². The minimum absolute atomic E-state index is 0.0792. The van der Waals surface area contributed by atoms with Gasteiger partial charge >= 0.3 is 6.03 Å². The molecule has 0 aromatic carbocycles. The number of nitrogens with zero attached hydrogens (tertiary/aromatic N) is 4. The van der Waals surface area contributed by atoms with Crippen molar-refractivity contribution < 1.29 is 4.79 Å². The highest BCUT2D eigenvalue weighted by atomic mass is 16.2. The molecule has 114 valence electrons. The van der Waals surface area contributed by atoms with Crippen LogP contribution in [-0.4, -0.2) is 53.6 Å². The van der Waals surface area contributed by atoms with Gasteiger partial charge in [-0.25, -0.2) is 14.8 Å². The van der Waals surface area contributed by atoms with Crippen molar-refractivity contribution in [3.05, 3.63) is 18.5 Å². The molecular weight excluding hydrogens is 266 g/mol. The van der Waals surface area contributed by atoms with E-state index in [0.29, 0.717) is 5.92 Å². The fourth-order valence-electron chi connectivity index (χ4n) is 3.12. The second-order valence-corrected chi connectivity index (χ2v) is 5.86. The summed E-state index contributed by atoms with van der Waals surface area (Å²) in [6.45, 7) is 3.88. The predicted octanol–water partition coefficient (Wildman–Crippen LogP) is 1.50. The number of carbonyl (C=O) groups is 1. The highest BCUT2D eigenvalue weighted by molar-refractivity contribution is 5.74. The summed E-state index contributed by atoms with van der Waals surface area (Å²) < 4.78 is 0. The van der Waals surface area contributed by atoms with Crippen LogP contribution in [0.3, 0.4) is 0 Å². The van der Waals surface area contributed by atoms with Crippen LogP contribution in [0.15, 0.2) is 18.5 Å². The molecule has 2 heterocycles. The Morgan fingerprint density at radius 3 is 2.48 bits per heavy atom. The normalized spacial score (nSPS) is 19.8. The van der Waals surface area contributed by atoms with Gasteiger partial charge in [0.1, 0.15) is 0 Å². The van der Waals surface area contributed by atoms with E-state index in [2.05, 4.69) is 20.2 Å². The molecule has 0 spiro atoms. The van der Waals surface area contributed by atoms with Crippen LogP contribution in [0.5, 0.6) is 0 Å². The molecule has 2 aliphatic rings. The van der Waals surface area contributed by atoms with Crippen LogP contribution in [0.25, 0.3) is 0 Å². The number of hydrogen-bond donors (Lipinski definition) is 1. The minimum atomic E-state index is 0.0792. The molecule has 21 heavy (non-hydrogen) atoms. The van der Waals surface area contributed by atoms with Crippen LogP contribution < -0.4 is 10.2 Å². The first-order valence-electron chi connectivity index (χ1n) is 7.87. The first-order chi connectivity index (χ1) is 10.3. The third kappa shape index (κ3) is 3.62. The molecule has 1 aromatic rings. The van der Waals surface area contributed by atoms with Crippen LogP contribution in [-0.2, 0) is 0 Å². The topological polar surface area (TPSA) is 61.4 Å². The predicted molar refractivity (Wildman–Crippen MR) is 81.2 cm³/mol. The molecule has 1 saturated carbocycles. The van der Waals surface area contributed by atoms with E-state index in [4.69, 9.17) is 0 Å². The molecule has 0 radical (unpaired) electrons. The highest BCUT2D eigenvalue weighted by Crippen LogP contribution is 2.23. The molecule has 2 amide bonds. The smallest absolute Gasteiger partial charge is 0.317 e. The zero-order chi connectivity index (χ0) is 14.5. The van der Waals surface area contributed by atoms with E-state index in [-0.39, 0.29) is 6.03 Å². The van der Waals surface area contributed by atoms with Gasteiger partial charge < -0.3 is 15.1 Å². The quantitative estimate of drug-likeness (QED) is 0.916. The van der Waals surface area contributed by atoms with Gasteiger partial charge in [-0.15, -0.1) is 0 Å². The number of hydrogen-bond acceptors (Lipinski definition) is 4. The molecule has 6 heteroatoms. The van der Waals surface area contributed by atoms with Crippen LogP contribution in [0.4, 0.5) is 10.7 Å². The van der Waals surface area contributed by atoms with Crippen molar-refractivity contribution in [1.82, 2.24) is 20.2 Å². The maximum absolute atomic E-state index is 12.2. The number of amides is 2. The van der Waals surface area contributed by atoms with Gasteiger partial charge in [0.25, 0.3) is 0 Å². The second-order valence-electron chi connectivity index (χ2n) is 5.86. The zero-order valence-electron chi connectivity index (χ0n) is 12.4. The lowest BCUT2D eigenvalue weighted by atomic mass is 10.1. The number of aromatic nitrogens is 2. The Kier molecular flexibility index (Phi) is 4.52. The average Bonchev–Trinajstić information content (AvgIpc) is 3.07. The number of carbonyl (C=O) groups excluding carboxylic acids is 1. The number of anilines is 1. The molecule has 1 aliphatic carbocycles. The molecular formula is C15H23N5O. The Morgan fingerprint density at radius 1 is 1.14 bits per heavy atom. The van der Waals surface area contributed by atoms with E-state index >= 15 is 0 Å². The number of piperazine rings is 1. The lowest BCUT2D eigenvalue weighted by Gasteiger charge is -2.34. The number of rotatable bonds is 3. The van der Waals surface area contributed by atoms with E-state index in [9.17, 15) is 4.79 Å². The molecule has 1 aliphatic heterocycles. The standard InChI is InChI=1S/C15H23N5O/c21-15(18-12-13-4-1-2-5-13)20-10-8-19(9-11-20)14-16-6-3-7-17-14/h3,6-7,13H,1-2,4-5,8-12H2,(H,18,21). The summed E-state index contributed by atoms with van der Waals surface area (Å²) in [5, 5.41) is 3.09. The molecule has 0 bridgehead atoms. The van der Waals surface area contributed by atoms with Gasteiger partial charge in [0.2, 0.25) is 5.95 Å². The maximum Gasteiger partial charge on any atom is 0.317 e. The van der Waals surface area contributed by atoms with Gasteiger partial charge in [-0.2, -0.15) is 0 Å². The minimum Gasteiger partial charge on any atom is -0.338 e. The lowest BCUT2D eigenvalue weighted by molar-refractivity contribution is 0.192. The lowest BCUT2D eigenvalue weighted by Crippen LogP contribution is -2.52. The first kappa shape index (κ1) is 14.1. The van der Waals surface area contributed by atoms with Crippen molar-refractivity contribution >= 4 is 12.0 Å². The van der Waals surface area contributed by atoms with Crippen molar-refractivity contribution in [2.45, 2.75) is 25.7 Å². The van der Waals surface area contributed by atoms with Crippen molar-refractivity contribution in [2.24, 2.45) is 5.92 Å². The summed E-state index contributed by atoms with van der Waals surface area (Å²) in [4.78, 5) is 24.7. The van der Waals surface area contributed by atoms with Gasteiger partial charge in [-0.3, -0.25) is 0 Å². The zero-order valence-corrected chi connectivity index (χ0v) is 12.4. The molecule has 0 unspecified atom stereocenters. The molecule has 1 aromatic heterocycles. The molecule has 1 saturated heterocycles. The summed E-state index contributed by atoms with van der Waals surface area (Å²) in [5.74, 6) is 1.44. The Hall–Kier alpha value is -1.85. The third-order valence-electron chi connectivity index (χ3n) is 4.42. The van der Waals surface area contributed by atoms with Crippen LogP contribution >= 0.6 is 0 Å². The number of nitrogens with one attached hydrogen (secondary N) is 1. The third-order valence-corrected chi connectivity index (χ3v) is 4.42. The maximum atomic E-state index is 12.2. The Morgan fingerprint density at radius 2 is 1.81 bits per heavy atom. The molecule has 0 atom stereocenters. The molecule has 2 fully saturated rings. The van der Waals surface area contributed by atoms with Crippen LogP contribution in [0, 0.1) is 5.92 Å². The Labute approximate surface area is 125 Å². The number of urea groups is 1. The summed E-state index contributed by atoms with van der Waals surface area (Å²) in [5.41, 5.74) is 0. The van der Waals surface area contributed by atoms with E-state index in [0.717, 1.165) is 38.7 Å². The second kappa shape index (κ2) is 6.74. The summed E-state index contributed by atoms with van der Waals surface area (Å²) in [6, 6.07) is 1.89. The fraction of sp³-hybridized carbons (Fsp3) is 0.667. The van der Waals surface area contributed by atoms with Gasteiger partial charge in [0.15, 0.2) is 0 Å². The van der Waals surface area contributed by atoms with Crippen molar-refractivity contribution in [2.75, 3.05) is 37.6 Å². The highest BCUT2D eigenvalue weighted by Gasteiger charge is 2.23. The van der Waals surface area contributed by atoms with Gasteiger partial charge in [-0.05, 0) is 24.8 Å². The molecule has 1 N–H and O–H groups in total. The summed E-state index contributed by atoms with van der Waals surface area (Å²) in [6.07, 6.45) is 8.66. The van der Waals surface area contributed by atoms with Gasteiger partial charge in [0.05, 0.1) is 0 Å². The summed E-state index contributed by atoms with van der Waals surface area (Å²) in [7, 11) is 0. The Bertz CT molecular complexity index is 452. The van der Waals surface area contributed by atoms with E-state index in [1.165, 1.54) is 25.7 Å². The van der Waals surface area contributed by atoms with Crippen molar-refractivity contribution in [1.29, 1.82) is 0 Å². The monoisotopic (exact) mass is 289 g/mol. The molecule has 3 rings (SSSR count). The Balaban J connectivity index is 1.43. The first-order valence-corrected chi connectivity index (χ1v) is 7.87. The SMILES string of the molecule is O=C(NCC1CCCC1)N1CCN(c2ncccn2)CC1. The van der Waals surface area contributed by atoms with E-state index < -0.39 is 0 Å². The largest absolute Gasteiger partial charge is 0.338 e. The average molecular weight is 289 g/mol. The summed E-state index contributed by atoms with van der Waals surface area (Å²) >= 11 is 0. The van der Waals surface area contributed by atoms with E-state index in [1.54, 1.807) is 12.4 Å². The van der Waals surface area contributed by atoms with Gasteiger partial charge in [0, 0.05) is 45.1 Å².